The zero-order chi connectivity index (χ0) is 14.7. The summed E-state index contributed by atoms with van der Waals surface area (Å²) in [5, 5.41) is -1.18. The van der Waals surface area contributed by atoms with Crippen LogP contribution < -0.4 is 0 Å². The number of hydrogen-bond donors (Lipinski definition) is 0. The first-order valence-electron chi connectivity index (χ1n) is 6.03. The summed E-state index contributed by atoms with van der Waals surface area (Å²) in [4.78, 5) is 19.0. The third kappa shape index (κ3) is 2.99. The van der Waals surface area contributed by atoms with Crippen LogP contribution in [0.25, 0.3) is 11.4 Å². The molecule has 6 heteroatoms. The van der Waals surface area contributed by atoms with Gasteiger partial charge in [-0.05, 0) is 35.7 Å². The topological polar surface area (TPSA) is 42.9 Å². The summed E-state index contributed by atoms with van der Waals surface area (Å²) in [6, 6.07) is 1.99. The Balaban J connectivity index is 2.40. The Labute approximate surface area is 119 Å². The number of nitrogens with zero attached hydrogens (tertiary/aromatic N) is 2. The lowest BCUT2D eigenvalue weighted by Gasteiger charge is -2.05. The number of aryl methyl sites for hydroxylation is 1. The normalized spacial score (nSPS) is 10.6. The van der Waals surface area contributed by atoms with Crippen molar-refractivity contribution in [3.63, 3.8) is 0 Å². The number of carbonyl (C=O) groups excluding carboxylic acids is 1. The van der Waals surface area contributed by atoms with Gasteiger partial charge in [-0.15, -0.1) is 0 Å². The third-order valence-electron chi connectivity index (χ3n) is 2.74. The zero-order valence-corrected chi connectivity index (χ0v) is 11.4. The van der Waals surface area contributed by atoms with Crippen molar-refractivity contribution in [3.8, 4) is 11.4 Å². The van der Waals surface area contributed by atoms with Crippen LogP contribution in [0.5, 0.6) is 0 Å². The second kappa shape index (κ2) is 6.05. The summed E-state index contributed by atoms with van der Waals surface area (Å²) >= 11 is 5.12. The standard InChI is InChI=1S/C14H11ClF2N2O/c1-2-3-8-6-18-14(19-7-8)9-4-10(16)12(13(15)20)11(17)5-9/h4-7H,2-3H2,1H3. The summed E-state index contributed by atoms with van der Waals surface area (Å²) in [5.74, 6) is -1.86. The molecule has 20 heavy (non-hydrogen) atoms. The van der Waals surface area contributed by atoms with E-state index < -0.39 is 22.4 Å². The second-order valence-corrected chi connectivity index (χ2v) is 4.60. The number of halogens is 3. The van der Waals surface area contributed by atoms with Crippen LogP contribution >= 0.6 is 11.6 Å². The lowest BCUT2D eigenvalue weighted by atomic mass is 10.1. The first kappa shape index (κ1) is 14.5. The molecule has 0 amide bonds. The number of carbonyl (C=O) groups is 1. The summed E-state index contributed by atoms with van der Waals surface area (Å²) in [7, 11) is 0. The fourth-order valence-electron chi connectivity index (χ4n) is 1.81. The van der Waals surface area contributed by atoms with Gasteiger partial charge in [-0.1, -0.05) is 13.3 Å². The second-order valence-electron chi connectivity index (χ2n) is 4.25. The Bertz CT molecular complexity index is 621. The van der Waals surface area contributed by atoms with Gasteiger partial charge in [-0.2, -0.15) is 0 Å². The molecule has 3 nitrogen and oxygen atoms in total. The van der Waals surface area contributed by atoms with Crippen molar-refractivity contribution in [2.75, 3.05) is 0 Å². The zero-order valence-electron chi connectivity index (χ0n) is 10.7. The molecular weight excluding hydrogens is 286 g/mol. The molecule has 2 aromatic rings. The summed E-state index contributed by atoms with van der Waals surface area (Å²) in [5.41, 5.74) is 0.340. The highest BCUT2D eigenvalue weighted by atomic mass is 35.5. The molecule has 0 spiro atoms. The van der Waals surface area contributed by atoms with E-state index in [0.717, 1.165) is 30.5 Å². The average molecular weight is 297 g/mol. The van der Waals surface area contributed by atoms with E-state index in [0.29, 0.717) is 0 Å². The maximum absolute atomic E-state index is 13.6. The molecule has 0 aliphatic carbocycles. The van der Waals surface area contributed by atoms with Gasteiger partial charge in [0.05, 0.1) is 0 Å². The van der Waals surface area contributed by atoms with Crippen LogP contribution in [0.15, 0.2) is 24.5 Å². The number of rotatable bonds is 4. The lowest BCUT2D eigenvalue weighted by molar-refractivity contribution is 0.107. The fourth-order valence-corrected chi connectivity index (χ4v) is 1.99. The van der Waals surface area contributed by atoms with Crippen LogP contribution in [0.2, 0.25) is 0 Å². The predicted molar refractivity (Wildman–Crippen MR) is 71.6 cm³/mol. The quantitative estimate of drug-likeness (QED) is 0.807. The van der Waals surface area contributed by atoms with E-state index in [-0.39, 0.29) is 11.4 Å². The Kier molecular flexibility index (Phi) is 4.39. The van der Waals surface area contributed by atoms with Gasteiger partial charge in [0.1, 0.15) is 17.2 Å². The summed E-state index contributed by atoms with van der Waals surface area (Å²) in [6.07, 6.45) is 5.02. The molecule has 1 aromatic heterocycles. The summed E-state index contributed by atoms with van der Waals surface area (Å²) < 4.78 is 27.3. The van der Waals surface area contributed by atoms with Gasteiger partial charge < -0.3 is 0 Å². The van der Waals surface area contributed by atoms with Crippen molar-refractivity contribution < 1.29 is 13.6 Å². The smallest absolute Gasteiger partial charge is 0.258 e. The first-order chi connectivity index (χ1) is 9.52. The van der Waals surface area contributed by atoms with Crippen molar-refractivity contribution >= 4 is 16.8 Å². The Morgan fingerprint density at radius 2 is 1.75 bits per heavy atom. The summed E-state index contributed by atoms with van der Waals surface area (Å²) in [6.45, 7) is 2.03. The number of aromatic nitrogens is 2. The van der Waals surface area contributed by atoms with Crippen molar-refractivity contribution in [2.45, 2.75) is 19.8 Å². The van der Waals surface area contributed by atoms with Crippen molar-refractivity contribution in [3.05, 3.63) is 47.3 Å². The van der Waals surface area contributed by atoms with Crippen molar-refractivity contribution in [1.29, 1.82) is 0 Å². The van der Waals surface area contributed by atoms with Gasteiger partial charge in [0.2, 0.25) is 0 Å². The minimum Gasteiger partial charge on any atom is -0.275 e. The van der Waals surface area contributed by atoms with E-state index in [4.69, 9.17) is 11.6 Å². The molecule has 0 fully saturated rings. The van der Waals surface area contributed by atoms with Gasteiger partial charge in [-0.25, -0.2) is 18.7 Å². The molecule has 1 heterocycles. The molecule has 104 valence electrons. The number of benzene rings is 1. The van der Waals surface area contributed by atoms with Crippen LogP contribution in [0.4, 0.5) is 8.78 Å². The molecule has 0 saturated carbocycles. The predicted octanol–water partition coefficient (Wildman–Crippen LogP) is 3.75. The minimum atomic E-state index is -1.18. The third-order valence-corrected chi connectivity index (χ3v) is 2.93. The molecule has 0 radical (unpaired) electrons. The molecule has 0 atom stereocenters. The number of hydrogen-bond acceptors (Lipinski definition) is 3. The highest BCUT2D eigenvalue weighted by Gasteiger charge is 2.18. The maximum Gasteiger partial charge on any atom is 0.258 e. The highest BCUT2D eigenvalue weighted by Crippen LogP contribution is 2.23. The van der Waals surface area contributed by atoms with Crippen LogP contribution in [0.3, 0.4) is 0 Å². The van der Waals surface area contributed by atoms with Crippen LogP contribution in [-0.2, 0) is 6.42 Å². The monoisotopic (exact) mass is 296 g/mol. The van der Waals surface area contributed by atoms with Crippen molar-refractivity contribution in [1.82, 2.24) is 9.97 Å². The van der Waals surface area contributed by atoms with Crippen molar-refractivity contribution in [2.24, 2.45) is 0 Å². The molecule has 0 unspecified atom stereocenters. The van der Waals surface area contributed by atoms with Gasteiger partial charge >= 0.3 is 0 Å². The largest absolute Gasteiger partial charge is 0.275 e. The molecule has 0 aliphatic rings. The maximum atomic E-state index is 13.6. The van der Waals surface area contributed by atoms with E-state index in [9.17, 15) is 13.6 Å². The van der Waals surface area contributed by atoms with E-state index in [2.05, 4.69) is 9.97 Å². The minimum absolute atomic E-state index is 0.157. The molecule has 0 aliphatic heterocycles. The van der Waals surface area contributed by atoms with Gasteiger partial charge in [-0.3, -0.25) is 4.79 Å². The lowest BCUT2D eigenvalue weighted by Crippen LogP contribution is -2.01. The van der Waals surface area contributed by atoms with Crippen LogP contribution in [0.1, 0.15) is 29.3 Å². The fraction of sp³-hybridized carbons (Fsp3) is 0.214. The van der Waals surface area contributed by atoms with E-state index in [1.165, 1.54) is 0 Å². The Morgan fingerprint density at radius 1 is 1.20 bits per heavy atom. The average Bonchev–Trinajstić information content (AvgIpc) is 2.38. The highest BCUT2D eigenvalue weighted by molar-refractivity contribution is 6.67. The molecule has 0 saturated heterocycles. The molecule has 0 N–H and O–H groups in total. The molecule has 2 rings (SSSR count). The SMILES string of the molecule is CCCc1cnc(-c2cc(F)c(C(=O)Cl)c(F)c2)nc1. The van der Waals surface area contributed by atoms with Gasteiger partial charge in [0, 0.05) is 18.0 Å². The van der Waals surface area contributed by atoms with E-state index in [1.807, 2.05) is 6.92 Å². The van der Waals surface area contributed by atoms with Gasteiger partial charge in [0.25, 0.3) is 5.24 Å². The molecular formula is C14H11ClF2N2O. The first-order valence-corrected chi connectivity index (χ1v) is 6.41. The molecule has 1 aromatic carbocycles. The van der Waals surface area contributed by atoms with E-state index in [1.54, 1.807) is 12.4 Å². The van der Waals surface area contributed by atoms with Crippen LogP contribution in [0, 0.1) is 11.6 Å². The van der Waals surface area contributed by atoms with E-state index >= 15 is 0 Å². The Hall–Kier alpha value is -1.88. The van der Waals surface area contributed by atoms with Crippen LogP contribution in [-0.4, -0.2) is 15.2 Å². The van der Waals surface area contributed by atoms with Gasteiger partial charge in [0.15, 0.2) is 5.82 Å². The molecule has 0 bridgehead atoms. The Morgan fingerprint density at radius 3 is 2.20 bits per heavy atom.